The summed E-state index contributed by atoms with van der Waals surface area (Å²) in [5.74, 6) is -3.21. The fourth-order valence-electron chi connectivity index (χ4n) is 1.32. The maximum Gasteiger partial charge on any atom is 0.315 e. The number of nitrogens with zero attached hydrogens (tertiary/aromatic N) is 1. The van der Waals surface area contributed by atoms with Crippen molar-refractivity contribution < 1.29 is 19.5 Å². The second-order valence-electron chi connectivity index (χ2n) is 3.80. The molecule has 0 aliphatic rings. The number of nitrogens with one attached hydrogen (secondary N) is 1. The topological polar surface area (TPSA) is 86.7 Å². The van der Waals surface area contributed by atoms with Gasteiger partial charge in [0.05, 0.1) is 0 Å². The quantitative estimate of drug-likeness (QED) is 0.648. The molecular weight excluding hydrogens is 224 g/mol. The minimum absolute atomic E-state index is 0.207. The zero-order chi connectivity index (χ0) is 13.6. The van der Waals surface area contributed by atoms with Crippen LogP contribution in [0.15, 0.2) is 0 Å². The van der Waals surface area contributed by atoms with Gasteiger partial charge in [0.2, 0.25) is 11.8 Å². The van der Waals surface area contributed by atoms with Crippen molar-refractivity contribution in [2.75, 3.05) is 13.1 Å². The number of amides is 2. The summed E-state index contributed by atoms with van der Waals surface area (Å²) in [6, 6.07) is -0.704. The SMILES string of the molecule is CCN(CC)C(=O)C(C)NC(=O)C(C)C(=O)O. The first-order chi connectivity index (χ1) is 7.84. The van der Waals surface area contributed by atoms with E-state index < -0.39 is 23.8 Å². The molecule has 98 valence electrons. The molecule has 0 aromatic rings. The molecule has 0 aliphatic carbocycles. The van der Waals surface area contributed by atoms with Gasteiger partial charge in [-0.05, 0) is 27.7 Å². The molecule has 0 saturated heterocycles. The van der Waals surface area contributed by atoms with Gasteiger partial charge in [-0.25, -0.2) is 0 Å². The first-order valence-electron chi connectivity index (χ1n) is 5.67. The molecule has 6 heteroatoms. The third-order valence-electron chi connectivity index (χ3n) is 2.57. The van der Waals surface area contributed by atoms with Crippen LogP contribution in [-0.4, -0.2) is 46.9 Å². The normalized spacial score (nSPS) is 13.6. The summed E-state index contributed by atoms with van der Waals surface area (Å²) in [6.07, 6.45) is 0. The second kappa shape index (κ2) is 6.88. The lowest BCUT2D eigenvalue weighted by Crippen LogP contribution is -2.48. The number of carbonyl (C=O) groups excluding carboxylic acids is 2. The van der Waals surface area contributed by atoms with E-state index in [1.807, 2.05) is 13.8 Å². The molecule has 2 unspecified atom stereocenters. The lowest BCUT2D eigenvalue weighted by atomic mass is 10.1. The van der Waals surface area contributed by atoms with E-state index in [2.05, 4.69) is 5.32 Å². The van der Waals surface area contributed by atoms with Crippen molar-refractivity contribution in [1.82, 2.24) is 10.2 Å². The van der Waals surface area contributed by atoms with E-state index in [1.165, 1.54) is 6.92 Å². The zero-order valence-corrected chi connectivity index (χ0v) is 10.7. The first-order valence-corrected chi connectivity index (χ1v) is 5.67. The fourth-order valence-corrected chi connectivity index (χ4v) is 1.32. The van der Waals surface area contributed by atoms with Gasteiger partial charge in [-0.3, -0.25) is 14.4 Å². The highest BCUT2D eigenvalue weighted by molar-refractivity contribution is 5.98. The van der Waals surface area contributed by atoms with Gasteiger partial charge >= 0.3 is 5.97 Å². The van der Waals surface area contributed by atoms with E-state index in [-0.39, 0.29) is 5.91 Å². The molecule has 0 aromatic heterocycles. The molecule has 17 heavy (non-hydrogen) atoms. The van der Waals surface area contributed by atoms with Crippen molar-refractivity contribution in [3.8, 4) is 0 Å². The molecule has 0 spiro atoms. The summed E-state index contributed by atoms with van der Waals surface area (Å²) >= 11 is 0. The third kappa shape index (κ3) is 4.42. The molecule has 0 saturated carbocycles. The Morgan fingerprint density at radius 2 is 1.65 bits per heavy atom. The van der Waals surface area contributed by atoms with E-state index >= 15 is 0 Å². The molecule has 0 fully saturated rings. The number of aliphatic carboxylic acids is 1. The van der Waals surface area contributed by atoms with Crippen LogP contribution in [0.3, 0.4) is 0 Å². The summed E-state index contributed by atoms with van der Waals surface area (Å²) < 4.78 is 0. The Morgan fingerprint density at radius 1 is 1.18 bits per heavy atom. The lowest BCUT2D eigenvalue weighted by Gasteiger charge is -2.23. The Bertz CT molecular complexity index is 300. The maximum absolute atomic E-state index is 11.8. The van der Waals surface area contributed by atoms with Crippen LogP contribution in [0, 0.1) is 5.92 Å². The minimum atomic E-state index is -1.20. The molecule has 6 nitrogen and oxygen atoms in total. The molecule has 0 heterocycles. The summed E-state index contributed by atoms with van der Waals surface area (Å²) in [6.45, 7) is 7.64. The molecule has 0 radical (unpaired) electrons. The zero-order valence-electron chi connectivity index (χ0n) is 10.7. The molecule has 2 atom stereocenters. The van der Waals surface area contributed by atoms with E-state index in [1.54, 1.807) is 11.8 Å². The van der Waals surface area contributed by atoms with Crippen molar-refractivity contribution in [2.45, 2.75) is 33.7 Å². The van der Waals surface area contributed by atoms with E-state index in [0.717, 1.165) is 0 Å². The molecule has 0 aliphatic heterocycles. The standard InChI is InChI=1S/C11H20N2O4/c1-5-13(6-2)10(15)8(4)12-9(14)7(3)11(16)17/h7-8H,5-6H2,1-4H3,(H,12,14)(H,16,17). The average Bonchev–Trinajstić information content (AvgIpc) is 2.28. The van der Waals surface area contributed by atoms with E-state index in [9.17, 15) is 14.4 Å². The van der Waals surface area contributed by atoms with Gasteiger partial charge < -0.3 is 15.3 Å². The predicted molar refractivity (Wildman–Crippen MR) is 62.3 cm³/mol. The smallest absolute Gasteiger partial charge is 0.315 e. The number of rotatable bonds is 6. The van der Waals surface area contributed by atoms with Gasteiger partial charge in [-0.2, -0.15) is 0 Å². The Kier molecular flexibility index (Phi) is 6.23. The number of hydrogen-bond acceptors (Lipinski definition) is 3. The van der Waals surface area contributed by atoms with Crippen LogP contribution in [-0.2, 0) is 14.4 Å². The van der Waals surface area contributed by atoms with Crippen molar-refractivity contribution >= 4 is 17.8 Å². The van der Waals surface area contributed by atoms with Crippen LogP contribution in [0.2, 0.25) is 0 Å². The second-order valence-corrected chi connectivity index (χ2v) is 3.80. The largest absolute Gasteiger partial charge is 0.481 e. The minimum Gasteiger partial charge on any atom is -0.481 e. The highest BCUT2D eigenvalue weighted by atomic mass is 16.4. The van der Waals surface area contributed by atoms with Gasteiger partial charge in [-0.1, -0.05) is 0 Å². The summed E-state index contributed by atoms with van der Waals surface area (Å²) in [5.41, 5.74) is 0. The highest BCUT2D eigenvalue weighted by Crippen LogP contribution is 1.99. The summed E-state index contributed by atoms with van der Waals surface area (Å²) in [5, 5.41) is 11.0. The first kappa shape index (κ1) is 15.4. The van der Waals surface area contributed by atoms with Crippen LogP contribution >= 0.6 is 0 Å². The van der Waals surface area contributed by atoms with Gasteiger partial charge in [0.1, 0.15) is 12.0 Å². The molecule has 2 N–H and O–H groups in total. The fraction of sp³-hybridized carbons (Fsp3) is 0.727. The van der Waals surface area contributed by atoms with Crippen LogP contribution in [0.5, 0.6) is 0 Å². The molecule has 2 amide bonds. The van der Waals surface area contributed by atoms with E-state index in [4.69, 9.17) is 5.11 Å². The van der Waals surface area contributed by atoms with Gasteiger partial charge in [0, 0.05) is 13.1 Å². The number of likely N-dealkylation sites (N-methyl/N-ethyl adjacent to an activating group) is 1. The van der Waals surface area contributed by atoms with Crippen LogP contribution in [0.1, 0.15) is 27.7 Å². The van der Waals surface area contributed by atoms with Gasteiger partial charge in [0.25, 0.3) is 0 Å². The maximum atomic E-state index is 11.8. The third-order valence-corrected chi connectivity index (χ3v) is 2.57. The van der Waals surface area contributed by atoms with Crippen LogP contribution in [0.25, 0.3) is 0 Å². The number of carbonyl (C=O) groups is 3. The molecule has 0 aromatic carbocycles. The number of carboxylic acids is 1. The molecule has 0 rings (SSSR count). The van der Waals surface area contributed by atoms with Crippen molar-refractivity contribution in [3.05, 3.63) is 0 Å². The monoisotopic (exact) mass is 244 g/mol. The highest BCUT2D eigenvalue weighted by Gasteiger charge is 2.25. The predicted octanol–water partition coefficient (Wildman–Crippen LogP) is 0.0802. The lowest BCUT2D eigenvalue weighted by molar-refractivity contribution is -0.147. The average molecular weight is 244 g/mol. The van der Waals surface area contributed by atoms with Crippen molar-refractivity contribution in [2.24, 2.45) is 5.92 Å². The summed E-state index contributed by atoms with van der Waals surface area (Å²) in [7, 11) is 0. The van der Waals surface area contributed by atoms with Crippen LogP contribution < -0.4 is 5.32 Å². The Hall–Kier alpha value is -1.59. The number of hydrogen-bond donors (Lipinski definition) is 2. The number of carboxylic acid groups (broad SMARTS) is 1. The van der Waals surface area contributed by atoms with Crippen molar-refractivity contribution in [3.63, 3.8) is 0 Å². The van der Waals surface area contributed by atoms with E-state index in [0.29, 0.717) is 13.1 Å². The Labute approximate surface area is 101 Å². The van der Waals surface area contributed by atoms with Gasteiger partial charge in [-0.15, -0.1) is 0 Å². The Balaban J connectivity index is 4.44. The van der Waals surface area contributed by atoms with Gasteiger partial charge in [0.15, 0.2) is 0 Å². The van der Waals surface area contributed by atoms with Crippen molar-refractivity contribution in [1.29, 1.82) is 0 Å². The molecule has 0 bridgehead atoms. The molecular formula is C11H20N2O4. The summed E-state index contributed by atoms with van der Waals surface area (Å²) in [4.78, 5) is 35.4. The van der Waals surface area contributed by atoms with Crippen LogP contribution in [0.4, 0.5) is 0 Å². The Morgan fingerprint density at radius 3 is 2.00 bits per heavy atom.